The van der Waals surface area contributed by atoms with E-state index in [1.807, 2.05) is 32.9 Å². The van der Waals surface area contributed by atoms with Gasteiger partial charge >= 0.3 is 5.97 Å². The summed E-state index contributed by atoms with van der Waals surface area (Å²) >= 11 is 0. The fourth-order valence-electron chi connectivity index (χ4n) is 3.99. The van der Waals surface area contributed by atoms with Crippen molar-refractivity contribution in [2.24, 2.45) is 5.92 Å². The van der Waals surface area contributed by atoms with Gasteiger partial charge in [-0.1, -0.05) is 19.1 Å². The molecule has 0 saturated carbocycles. The molecule has 182 valence electrons. The van der Waals surface area contributed by atoms with Crippen molar-refractivity contribution >= 4 is 17.6 Å². The van der Waals surface area contributed by atoms with E-state index in [4.69, 9.17) is 28.4 Å². The number of fused-ring (bicyclic) bond motifs is 2. The van der Waals surface area contributed by atoms with Crippen LogP contribution in [0, 0.1) is 5.92 Å². The number of rotatable bonds is 4. The first kappa shape index (κ1) is 25.0. The van der Waals surface area contributed by atoms with Gasteiger partial charge in [-0.3, -0.25) is 4.79 Å². The molecule has 1 amide bonds. The zero-order chi connectivity index (χ0) is 24.2. The fraction of sp³-hybridized carbons (Fsp3) is 0.583. The van der Waals surface area contributed by atoms with Gasteiger partial charge in [-0.15, -0.1) is 0 Å². The summed E-state index contributed by atoms with van der Waals surface area (Å²) in [5.74, 6) is -1.19. The minimum absolute atomic E-state index is 0.00292. The van der Waals surface area contributed by atoms with E-state index in [0.29, 0.717) is 12.2 Å². The summed E-state index contributed by atoms with van der Waals surface area (Å²) in [5, 5.41) is 2.81. The van der Waals surface area contributed by atoms with Crippen LogP contribution < -0.4 is 14.8 Å². The van der Waals surface area contributed by atoms with E-state index in [2.05, 4.69) is 5.32 Å². The Balaban J connectivity index is 2.02. The Bertz CT molecular complexity index is 897. The number of benzene rings is 1. The third-order valence-electron chi connectivity index (χ3n) is 5.46. The van der Waals surface area contributed by atoms with Crippen LogP contribution in [-0.2, 0) is 23.7 Å². The van der Waals surface area contributed by atoms with Gasteiger partial charge in [0, 0.05) is 31.6 Å². The molecule has 3 rings (SSSR count). The van der Waals surface area contributed by atoms with Crippen LogP contribution in [0.4, 0.5) is 5.69 Å². The smallest absolute Gasteiger partial charge is 0.344 e. The zero-order valence-corrected chi connectivity index (χ0v) is 20.0. The zero-order valence-electron chi connectivity index (χ0n) is 20.0. The highest BCUT2D eigenvalue weighted by Gasteiger charge is 2.44. The van der Waals surface area contributed by atoms with Gasteiger partial charge in [-0.2, -0.15) is 0 Å². The molecule has 1 aromatic carbocycles. The molecule has 0 spiro atoms. The summed E-state index contributed by atoms with van der Waals surface area (Å²) in [5.41, 5.74) is 0.306. The third kappa shape index (κ3) is 6.25. The van der Waals surface area contributed by atoms with Gasteiger partial charge in [-0.25, -0.2) is 4.79 Å². The fourth-order valence-corrected chi connectivity index (χ4v) is 3.99. The van der Waals surface area contributed by atoms with Gasteiger partial charge < -0.3 is 33.7 Å². The lowest BCUT2D eigenvalue weighted by atomic mass is 9.96. The van der Waals surface area contributed by atoms with Crippen LogP contribution in [0.3, 0.4) is 0 Å². The lowest BCUT2D eigenvalue weighted by Crippen LogP contribution is -2.32. The highest BCUT2D eigenvalue weighted by Crippen LogP contribution is 2.37. The van der Waals surface area contributed by atoms with Gasteiger partial charge in [0.05, 0.1) is 31.4 Å². The van der Waals surface area contributed by atoms with Gasteiger partial charge in [0.2, 0.25) is 5.91 Å². The van der Waals surface area contributed by atoms with Crippen molar-refractivity contribution in [2.75, 3.05) is 26.3 Å². The monoisotopic (exact) mass is 463 g/mol. The summed E-state index contributed by atoms with van der Waals surface area (Å²) < 4.78 is 33.7. The predicted molar refractivity (Wildman–Crippen MR) is 120 cm³/mol. The molecule has 9 heteroatoms. The molecule has 1 fully saturated rings. The van der Waals surface area contributed by atoms with Gasteiger partial charge in [0.1, 0.15) is 23.2 Å². The van der Waals surface area contributed by atoms with E-state index in [-0.39, 0.29) is 48.1 Å². The van der Waals surface area contributed by atoms with E-state index >= 15 is 0 Å². The standard InChI is InChI=1S/C24H33NO8/c1-14-8-7-9-15(2)31-23(27)21-17(10-16(29-6)11-18(21)30-13-28-5)25-20(26)12-19-22(14)33-24(3,4)32-19/h7-8,10-11,14-15,19,22H,9,12-13H2,1-6H3,(H,25,26)/b8-7-/t14?,15-,19+,22+/m0/s1. The molecular formula is C24H33NO8. The Morgan fingerprint density at radius 3 is 2.61 bits per heavy atom. The number of amides is 1. The maximum atomic E-state index is 13.1. The van der Waals surface area contributed by atoms with Crippen molar-refractivity contribution in [1.29, 1.82) is 0 Å². The molecule has 0 radical (unpaired) electrons. The number of hydrogen-bond donors (Lipinski definition) is 1. The van der Waals surface area contributed by atoms with E-state index in [0.717, 1.165) is 0 Å². The van der Waals surface area contributed by atoms with E-state index in [1.165, 1.54) is 14.2 Å². The molecule has 0 aliphatic carbocycles. The SMILES string of the molecule is COCOc1cc(OC)cc2c1C(=O)O[C@@H](C)C/C=C\C(C)[C@H]1OC(C)(C)O[C@@H]1CC(=O)N2. The van der Waals surface area contributed by atoms with Gasteiger partial charge in [0.15, 0.2) is 12.6 Å². The Morgan fingerprint density at radius 2 is 1.91 bits per heavy atom. The quantitative estimate of drug-likeness (QED) is 0.410. The van der Waals surface area contributed by atoms with Crippen LogP contribution in [-0.4, -0.2) is 57.0 Å². The summed E-state index contributed by atoms with van der Waals surface area (Å²) in [7, 11) is 2.95. The number of anilines is 1. The van der Waals surface area contributed by atoms with Crippen molar-refractivity contribution in [3.8, 4) is 11.5 Å². The van der Waals surface area contributed by atoms with Crippen LogP contribution in [0.15, 0.2) is 24.3 Å². The second-order valence-electron chi connectivity index (χ2n) is 8.73. The Morgan fingerprint density at radius 1 is 1.15 bits per heavy atom. The lowest BCUT2D eigenvalue weighted by molar-refractivity contribution is -0.150. The van der Waals surface area contributed by atoms with Crippen molar-refractivity contribution in [3.05, 3.63) is 29.8 Å². The molecule has 4 atom stereocenters. The van der Waals surface area contributed by atoms with Crippen molar-refractivity contribution in [3.63, 3.8) is 0 Å². The topological polar surface area (TPSA) is 102 Å². The van der Waals surface area contributed by atoms with E-state index in [1.54, 1.807) is 19.1 Å². The highest BCUT2D eigenvalue weighted by molar-refractivity contribution is 6.04. The molecule has 1 N–H and O–H groups in total. The molecule has 0 aromatic heterocycles. The van der Waals surface area contributed by atoms with E-state index < -0.39 is 24.0 Å². The molecule has 2 heterocycles. The number of hydrogen-bond acceptors (Lipinski definition) is 8. The van der Waals surface area contributed by atoms with Crippen molar-refractivity contribution in [1.82, 2.24) is 0 Å². The first-order valence-corrected chi connectivity index (χ1v) is 11.0. The minimum atomic E-state index is -0.805. The molecule has 2 aliphatic heterocycles. The van der Waals surface area contributed by atoms with E-state index in [9.17, 15) is 9.59 Å². The van der Waals surface area contributed by atoms with Crippen LogP contribution in [0.1, 0.15) is 50.9 Å². The molecule has 0 bridgehead atoms. The summed E-state index contributed by atoms with van der Waals surface area (Å²) in [4.78, 5) is 26.2. The first-order chi connectivity index (χ1) is 15.6. The van der Waals surface area contributed by atoms with Crippen LogP contribution in [0.5, 0.6) is 11.5 Å². The minimum Gasteiger partial charge on any atom is -0.497 e. The van der Waals surface area contributed by atoms with Gasteiger partial charge in [0.25, 0.3) is 0 Å². The van der Waals surface area contributed by atoms with Crippen molar-refractivity contribution < 1.29 is 38.0 Å². The summed E-state index contributed by atoms with van der Waals surface area (Å²) in [6.07, 6.45) is 3.36. The largest absolute Gasteiger partial charge is 0.497 e. The number of carbonyl (C=O) groups is 2. The second kappa shape index (κ2) is 10.5. The van der Waals surface area contributed by atoms with Crippen LogP contribution >= 0.6 is 0 Å². The summed E-state index contributed by atoms with van der Waals surface area (Å²) in [6.45, 7) is 7.38. The molecule has 33 heavy (non-hydrogen) atoms. The molecule has 2 aliphatic rings. The molecule has 1 saturated heterocycles. The Labute approximate surface area is 194 Å². The first-order valence-electron chi connectivity index (χ1n) is 11.0. The number of methoxy groups -OCH3 is 2. The predicted octanol–water partition coefficient (Wildman–Crippen LogP) is 3.67. The maximum absolute atomic E-state index is 13.1. The average molecular weight is 464 g/mol. The average Bonchev–Trinajstić information content (AvgIpc) is 3.04. The molecule has 9 nitrogen and oxygen atoms in total. The van der Waals surface area contributed by atoms with Crippen LogP contribution in [0.2, 0.25) is 0 Å². The maximum Gasteiger partial charge on any atom is 0.344 e. The van der Waals surface area contributed by atoms with Gasteiger partial charge in [-0.05, 0) is 20.8 Å². The normalized spacial score (nSPS) is 28.5. The molecular weight excluding hydrogens is 430 g/mol. The highest BCUT2D eigenvalue weighted by atomic mass is 16.8. The van der Waals surface area contributed by atoms with Crippen LogP contribution in [0.25, 0.3) is 0 Å². The number of ether oxygens (including phenoxy) is 6. The Hall–Kier alpha value is -2.62. The number of cyclic esters (lactones) is 1. The summed E-state index contributed by atoms with van der Waals surface area (Å²) in [6, 6.07) is 3.10. The number of esters is 1. The van der Waals surface area contributed by atoms with Crippen molar-refractivity contribution in [2.45, 2.75) is 64.6 Å². The Kier molecular flexibility index (Phi) is 7.99. The second-order valence-corrected chi connectivity index (χ2v) is 8.73. The lowest BCUT2D eigenvalue weighted by Gasteiger charge is -2.23. The molecule has 1 unspecified atom stereocenters. The molecule has 1 aromatic rings. The number of nitrogens with one attached hydrogen (secondary N) is 1. The third-order valence-corrected chi connectivity index (χ3v) is 5.46. The number of carbonyl (C=O) groups excluding carboxylic acids is 2.